The van der Waals surface area contributed by atoms with Gasteiger partial charge in [-0.1, -0.05) is 51.1 Å². The van der Waals surface area contributed by atoms with E-state index in [-0.39, 0.29) is 5.41 Å². The van der Waals surface area contributed by atoms with Gasteiger partial charge in [-0.05, 0) is 54.7 Å². The lowest BCUT2D eigenvalue weighted by molar-refractivity contribution is -0.128. The molecule has 0 radical (unpaired) electrons. The van der Waals surface area contributed by atoms with E-state index in [1.807, 2.05) is 44.2 Å². The summed E-state index contributed by atoms with van der Waals surface area (Å²) < 4.78 is 5.43. The topological polar surface area (TPSA) is 64.1 Å². The number of benzene rings is 2. The molecule has 154 valence electrons. The smallest absolute Gasteiger partial charge is 0.336 e. The van der Waals surface area contributed by atoms with Crippen molar-refractivity contribution in [2.75, 3.05) is 5.32 Å². The highest BCUT2D eigenvalue weighted by molar-refractivity contribution is 5.88. The summed E-state index contributed by atoms with van der Waals surface area (Å²) in [5.74, 6) is 0.520. The monoisotopic (exact) mass is 401 g/mol. The number of carbonyl (C=O) groups excluding carboxylic acids is 1. The van der Waals surface area contributed by atoms with Gasteiger partial charge in [0.25, 0.3) is 0 Å². The van der Waals surface area contributed by atoms with Crippen LogP contribution < -0.4 is 10.1 Å². The predicted molar refractivity (Wildman–Crippen MR) is 121 cm³/mol. The Kier molecular flexibility index (Phi) is 6.31. The average molecular weight is 402 g/mol. The van der Waals surface area contributed by atoms with Crippen molar-refractivity contribution in [1.82, 2.24) is 9.97 Å². The van der Waals surface area contributed by atoms with Crippen LogP contribution in [0, 0.1) is 13.8 Å². The Morgan fingerprint density at radius 3 is 2.27 bits per heavy atom. The van der Waals surface area contributed by atoms with Crippen LogP contribution in [0.25, 0.3) is 6.08 Å². The summed E-state index contributed by atoms with van der Waals surface area (Å²) in [5.41, 5.74) is 4.80. The van der Waals surface area contributed by atoms with Crippen LogP contribution >= 0.6 is 0 Å². The van der Waals surface area contributed by atoms with Gasteiger partial charge in [0.05, 0.1) is 0 Å². The molecule has 0 aliphatic rings. The van der Waals surface area contributed by atoms with Gasteiger partial charge < -0.3 is 10.1 Å². The third kappa shape index (κ3) is 6.01. The van der Waals surface area contributed by atoms with Crippen molar-refractivity contribution in [3.8, 4) is 5.75 Å². The number of nitrogens with zero attached hydrogens (tertiary/aromatic N) is 2. The first-order valence-electron chi connectivity index (χ1n) is 9.89. The molecule has 30 heavy (non-hydrogen) atoms. The van der Waals surface area contributed by atoms with Gasteiger partial charge in [0.2, 0.25) is 5.95 Å². The maximum Gasteiger partial charge on any atom is 0.336 e. The van der Waals surface area contributed by atoms with Gasteiger partial charge in [0.15, 0.2) is 0 Å². The molecule has 0 bridgehead atoms. The zero-order valence-corrected chi connectivity index (χ0v) is 18.1. The first kappa shape index (κ1) is 21.2. The normalized spacial score (nSPS) is 11.5. The summed E-state index contributed by atoms with van der Waals surface area (Å²) in [5, 5.41) is 3.14. The average Bonchev–Trinajstić information content (AvgIpc) is 2.65. The molecule has 3 rings (SSSR count). The lowest BCUT2D eigenvalue weighted by Crippen LogP contribution is -2.10. The lowest BCUT2D eigenvalue weighted by atomic mass is 9.87. The van der Waals surface area contributed by atoms with Crippen LogP contribution in [0.3, 0.4) is 0 Å². The van der Waals surface area contributed by atoms with E-state index in [4.69, 9.17) is 4.74 Å². The number of anilines is 2. The summed E-state index contributed by atoms with van der Waals surface area (Å²) in [6.45, 7) is 10.3. The van der Waals surface area contributed by atoms with Crippen molar-refractivity contribution in [3.05, 3.63) is 83.2 Å². The first-order valence-corrected chi connectivity index (χ1v) is 9.89. The quantitative estimate of drug-likeness (QED) is 0.335. The standard InChI is InChI=1S/C25H27N3O2/c1-17-15-18(2)27-24(26-17)28-21-7-6-8-22(16-21)30-23(29)14-11-19-9-12-20(13-10-19)25(3,4)5/h6-16H,1-5H3,(H,26,27,28)/b14-11+. The molecule has 0 aliphatic carbocycles. The van der Waals surface area contributed by atoms with E-state index in [2.05, 4.69) is 48.2 Å². The molecule has 0 fully saturated rings. The number of nitrogens with one attached hydrogen (secondary N) is 1. The fraction of sp³-hybridized carbons (Fsp3) is 0.240. The fourth-order valence-corrected chi connectivity index (χ4v) is 2.96. The zero-order chi connectivity index (χ0) is 21.7. The molecule has 0 aliphatic heterocycles. The molecule has 0 spiro atoms. The Labute approximate surface area is 177 Å². The summed E-state index contributed by atoms with van der Waals surface area (Å²) in [4.78, 5) is 20.9. The summed E-state index contributed by atoms with van der Waals surface area (Å²) in [7, 11) is 0. The van der Waals surface area contributed by atoms with Gasteiger partial charge in [-0.3, -0.25) is 0 Å². The van der Waals surface area contributed by atoms with E-state index in [1.165, 1.54) is 11.6 Å². The Bertz CT molecular complexity index is 1040. The highest BCUT2D eigenvalue weighted by Crippen LogP contribution is 2.23. The second-order valence-corrected chi connectivity index (χ2v) is 8.25. The van der Waals surface area contributed by atoms with Crippen LogP contribution in [0.2, 0.25) is 0 Å². The van der Waals surface area contributed by atoms with E-state index in [0.717, 1.165) is 22.6 Å². The summed E-state index contributed by atoms with van der Waals surface area (Å²) in [6.07, 6.45) is 3.18. The number of carbonyl (C=O) groups is 1. The van der Waals surface area contributed by atoms with Crippen LogP contribution in [0.15, 0.2) is 60.7 Å². The predicted octanol–water partition coefficient (Wildman–Crippen LogP) is 5.75. The van der Waals surface area contributed by atoms with Crippen LogP contribution in [0.5, 0.6) is 5.75 Å². The van der Waals surface area contributed by atoms with Crippen LogP contribution in [0.1, 0.15) is 43.3 Å². The number of rotatable bonds is 5. The number of ether oxygens (including phenoxy) is 1. The number of aromatic nitrogens is 2. The number of esters is 1. The van der Waals surface area contributed by atoms with E-state index >= 15 is 0 Å². The molecular weight excluding hydrogens is 374 g/mol. The molecule has 1 N–H and O–H groups in total. The molecule has 5 heteroatoms. The van der Waals surface area contributed by atoms with E-state index in [9.17, 15) is 4.79 Å². The van der Waals surface area contributed by atoms with Crippen molar-refractivity contribution >= 4 is 23.7 Å². The van der Waals surface area contributed by atoms with Gasteiger partial charge in [-0.25, -0.2) is 14.8 Å². The highest BCUT2D eigenvalue weighted by Gasteiger charge is 2.12. The first-order chi connectivity index (χ1) is 14.2. The second kappa shape index (κ2) is 8.91. The Balaban J connectivity index is 1.64. The van der Waals surface area contributed by atoms with Gasteiger partial charge in [0, 0.05) is 29.2 Å². The van der Waals surface area contributed by atoms with Crippen molar-refractivity contribution in [2.45, 2.75) is 40.0 Å². The molecule has 1 aromatic heterocycles. The lowest BCUT2D eigenvalue weighted by Gasteiger charge is -2.18. The minimum atomic E-state index is -0.435. The van der Waals surface area contributed by atoms with E-state index in [0.29, 0.717) is 11.7 Å². The fourth-order valence-electron chi connectivity index (χ4n) is 2.96. The molecule has 0 saturated carbocycles. The Hall–Kier alpha value is -3.47. The summed E-state index contributed by atoms with van der Waals surface area (Å²) in [6, 6.07) is 17.2. The third-order valence-electron chi connectivity index (χ3n) is 4.48. The minimum Gasteiger partial charge on any atom is -0.423 e. The Morgan fingerprint density at radius 1 is 0.967 bits per heavy atom. The van der Waals surface area contributed by atoms with Gasteiger partial charge in [-0.15, -0.1) is 0 Å². The molecule has 0 saturated heterocycles. The number of hydrogen-bond acceptors (Lipinski definition) is 5. The SMILES string of the molecule is Cc1cc(C)nc(Nc2cccc(OC(=O)/C=C/c3ccc(C(C)(C)C)cc3)c2)n1. The maximum absolute atomic E-state index is 12.2. The van der Waals surface area contributed by atoms with Crippen LogP contribution in [-0.4, -0.2) is 15.9 Å². The molecule has 0 amide bonds. The molecule has 0 atom stereocenters. The van der Waals surface area contributed by atoms with Crippen LogP contribution in [-0.2, 0) is 10.2 Å². The highest BCUT2D eigenvalue weighted by atomic mass is 16.5. The summed E-state index contributed by atoms with van der Waals surface area (Å²) >= 11 is 0. The van der Waals surface area contributed by atoms with Crippen molar-refractivity contribution in [1.29, 1.82) is 0 Å². The molecule has 2 aromatic carbocycles. The second-order valence-electron chi connectivity index (χ2n) is 8.25. The minimum absolute atomic E-state index is 0.0996. The molecule has 1 heterocycles. The van der Waals surface area contributed by atoms with Gasteiger partial charge in [-0.2, -0.15) is 0 Å². The van der Waals surface area contributed by atoms with Gasteiger partial charge in [0.1, 0.15) is 5.75 Å². The van der Waals surface area contributed by atoms with Crippen molar-refractivity contribution < 1.29 is 9.53 Å². The molecule has 0 unspecified atom stereocenters. The number of hydrogen-bond donors (Lipinski definition) is 1. The zero-order valence-electron chi connectivity index (χ0n) is 18.1. The Morgan fingerprint density at radius 2 is 1.63 bits per heavy atom. The number of aryl methyl sites for hydroxylation is 2. The van der Waals surface area contributed by atoms with Gasteiger partial charge >= 0.3 is 5.97 Å². The van der Waals surface area contributed by atoms with E-state index < -0.39 is 5.97 Å². The molecular formula is C25H27N3O2. The van der Waals surface area contributed by atoms with Crippen molar-refractivity contribution in [2.24, 2.45) is 0 Å². The van der Waals surface area contributed by atoms with E-state index in [1.54, 1.807) is 18.2 Å². The third-order valence-corrected chi connectivity index (χ3v) is 4.48. The van der Waals surface area contributed by atoms with Crippen LogP contribution in [0.4, 0.5) is 11.6 Å². The largest absolute Gasteiger partial charge is 0.423 e. The van der Waals surface area contributed by atoms with Crippen molar-refractivity contribution in [3.63, 3.8) is 0 Å². The maximum atomic E-state index is 12.2. The molecule has 5 nitrogen and oxygen atoms in total. The molecule has 3 aromatic rings.